The molecule has 148 valence electrons. The molecule has 1 aliphatic heterocycles. The van der Waals surface area contributed by atoms with Crippen molar-refractivity contribution in [3.05, 3.63) is 60.2 Å². The molecule has 2 fully saturated rings. The lowest BCUT2D eigenvalue weighted by Crippen LogP contribution is -2.47. The Hall–Kier alpha value is -1.06. The van der Waals surface area contributed by atoms with E-state index in [1.807, 2.05) is 0 Å². The van der Waals surface area contributed by atoms with E-state index in [-0.39, 0.29) is 24.8 Å². The lowest BCUT2D eigenvalue weighted by atomic mass is 9.80. The molecule has 2 aromatic rings. The molecule has 4 heteroatoms. The highest BCUT2D eigenvalue weighted by molar-refractivity contribution is 5.85. The van der Waals surface area contributed by atoms with Crippen molar-refractivity contribution in [2.45, 2.75) is 38.1 Å². The van der Waals surface area contributed by atoms with Crippen molar-refractivity contribution >= 4 is 24.8 Å². The number of piperazine rings is 1. The Morgan fingerprint density at radius 3 is 1.96 bits per heavy atom. The van der Waals surface area contributed by atoms with Crippen molar-refractivity contribution < 1.29 is 0 Å². The molecule has 1 aliphatic carbocycles. The second kappa shape index (κ2) is 11.1. The van der Waals surface area contributed by atoms with E-state index in [1.54, 1.807) is 0 Å². The summed E-state index contributed by atoms with van der Waals surface area (Å²) in [6.07, 6.45) is 7.05. The number of nitrogens with one attached hydrogen (secondary N) is 1. The highest BCUT2D eigenvalue weighted by Gasteiger charge is 2.30. The fraction of sp³-hybridized carbons (Fsp3) is 0.478. The Balaban J connectivity index is 0.00000131. The molecule has 0 spiro atoms. The van der Waals surface area contributed by atoms with Gasteiger partial charge in [0.1, 0.15) is 0 Å². The van der Waals surface area contributed by atoms with Gasteiger partial charge in [0.2, 0.25) is 0 Å². The van der Waals surface area contributed by atoms with Gasteiger partial charge in [-0.15, -0.1) is 24.8 Å². The predicted octanol–water partition coefficient (Wildman–Crippen LogP) is 5.72. The maximum absolute atomic E-state index is 3.51. The molecule has 1 heterocycles. The molecule has 0 bridgehead atoms. The van der Waals surface area contributed by atoms with Crippen LogP contribution in [0.15, 0.2) is 54.6 Å². The summed E-state index contributed by atoms with van der Waals surface area (Å²) in [5.74, 6) is 0.828. The van der Waals surface area contributed by atoms with Crippen molar-refractivity contribution in [3.63, 3.8) is 0 Å². The average Bonchev–Trinajstić information content (AvgIpc) is 2.71. The largest absolute Gasteiger partial charge is 0.314 e. The van der Waals surface area contributed by atoms with Gasteiger partial charge in [-0.05, 0) is 35.4 Å². The minimum atomic E-state index is 0. The molecular weight excluding hydrogens is 375 g/mol. The number of hydrogen-bond acceptors (Lipinski definition) is 2. The molecule has 4 rings (SSSR count). The van der Waals surface area contributed by atoms with Gasteiger partial charge in [0.05, 0.1) is 0 Å². The summed E-state index contributed by atoms with van der Waals surface area (Å²) in [5.41, 5.74) is 4.16. The van der Waals surface area contributed by atoms with Gasteiger partial charge in [0, 0.05) is 32.2 Å². The molecule has 0 amide bonds. The summed E-state index contributed by atoms with van der Waals surface area (Å²) >= 11 is 0. The van der Waals surface area contributed by atoms with Crippen LogP contribution >= 0.6 is 24.8 Å². The maximum Gasteiger partial charge on any atom is 0.0377 e. The van der Waals surface area contributed by atoms with E-state index < -0.39 is 0 Å². The summed E-state index contributed by atoms with van der Waals surface area (Å²) in [6.45, 7) is 4.62. The summed E-state index contributed by atoms with van der Waals surface area (Å²) in [5, 5.41) is 3.51. The number of halogens is 2. The van der Waals surface area contributed by atoms with Gasteiger partial charge >= 0.3 is 0 Å². The summed E-state index contributed by atoms with van der Waals surface area (Å²) in [7, 11) is 0. The van der Waals surface area contributed by atoms with E-state index in [1.165, 1.54) is 61.9 Å². The van der Waals surface area contributed by atoms with Gasteiger partial charge in [-0.25, -0.2) is 0 Å². The average molecular weight is 407 g/mol. The lowest BCUT2D eigenvalue weighted by molar-refractivity contribution is 0.103. The fourth-order valence-electron chi connectivity index (χ4n) is 4.69. The van der Waals surface area contributed by atoms with Crippen LogP contribution in [0.4, 0.5) is 0 Å². The van der Waals surface area contributed by atoms with Crippen molar-refractivity contribution in [2.75, 3.05) is 26.2 Å². The smallest absolute Gasteiger partial charge is 0.0377 e. The fourth-order valence-corrected chi connectivity index (χ4v) is 4.69. The molecule has 0 radical (unpaired) electrons. The van der Waals surface area contributed by atoms with Crippen LogP contribution in [0.3, 0.4) is 0 Å². The Morgan fingerprint density at radius 1 is 0.741 bits per heavy atom. The number of nitrogens with zero attached hydrogens (tertiary/aromatic N) is 1. The van der Waals surface area contributed by atoms with Gasteiger partial charge in [0.15, 0.2) is 0 Å². The molecule has 27 heavy (non-hydrogen) atoms. The van der Waals surface area contributed by atoms with Crippen LogP contribution in [0.2, 0.25) is 0 Å². The molecule has 2 nitrogen and oxygen atoms in total. The molecule has 1 saturated heterocycles. The maximum atomic E-state index is 3.51. The standard InChI is InChI=1S/C23H30N2.2ClH/c1-3-7-19(8-4-1)20-11-13-22(14-12-20)23(21-9-5-2-6-10-21)25-17-15-24-16-18-25;;/h1,3-4,7-8,11-14,21,23-24H,2,5-6,9-10,15-18H2;2*1H/t23-;;/m0../s1. The van der Waals surface area contributed by atoms with Crippen LogP contribution in [0, 0.1) is 5.92 Å². The first kappa shape index (κ1) is 22.2. The van der Waals surface area contributed by atoms with E-state index in [2.05, 4.69) is 64.8 Å². The second-order valence-electron chi connectivity index (χ2n) is 7.62. The summed E-state index contributed by atoms with van der Waals surface area (Å²) < 4.78 is 0. The zero-order valence-electron chi connectivity index (χ0n) is 16.0. The number of rotatable bonds is 4. The molecule has 1 atom stereocenters. The SMILES string of the molecule is Cl.Cl.c1ccc(-c2ccc([C@H](C3CCCCC3)N3CCNCC3)cc2)cc1. The molecule has 1 N–H and O–H groups in total. The predicted molar refractivity (Wildman–Crippen MR) is 120 cm³/mol. The molecule has 0 aromatic heterocycles. The minimum Gasteiger partial charge on any atom is -0.314 e. The van der Waals surface area contributed by atoms with E-state index in [0.29, 0.717) is 6.04 Å². The van der Waals surface area contributed by atoms with E-state index >= 15 is 0 Å². The number of hydrogen-bond donors (Lipinski definition) is 1. The lowest BCUT2D eigenvalue weighted by Gasteiger charge is -2.41. The molecule has 2 aliphatic rings. The molecular formula is C23H32Cl2N2. The molecule has 2 aromatic carbocycles. The van der Waals surface area contributed by atoms with Crippen LogP contribution in [0.5, 0.6) is 0 Å². The Morgan fingerprint density at radius 2 is 1.33 bits per heavy atom. The van der Waals surface area contributed by atoms with Gasteiger partial charge in [-0.3, -0.25) is 4.90 Å². The van der Waals surface area contributed by atoms with Crippen LogP contribution in [-0.2, 0) is 0 Å². The number of benzene rings is 2. The van der Waals surface area contributed by atoms with Crippen molar-refractivity contribution in [2.24, 2.45) is 5.92 Å². The zero-order valence-corrected chi connectivity index (χ0v) is 17.6. The molecule has 1 saturated carbocycles. The quantitative estimate of drug-likeness (QED) is 0.697. The Labute approximate surface area is 176 Å². The zero-order chi connectivity index (χ0) is 16.9. The first-order valence-electron chi connectivity index (χ1n) is 10.0. The van der Waals surface area contributed by atoms with Crippen LogP contribution < -0.4 is 5.32 Å². The van der Waals surface area contributed by atoms with Gasteiger partial charge in [-0.2, -0.15) is 0 Å². The first-order chi connectivity index (χ1) is 12.4. The van der Waals surface area contributed by atoms with Crippen LogP contribution in [0.1, 0.15) is 43.7 Å². The van der Waals surface area contributed by atoms with E-state index in [0.717, 1.165) is 19.0 Å². The summed E-state index contributed by atoms with van der Waals surface area (Å²) in [6, 6.07) is 20.8. The van der Waals surface area contributed by atoms with E-state index in [4.69, 9.17) is 0 Å². The third kappa shape index (κ3) is 5.48. The van der Waals surface area contributed by atoms with Crippen LogP contribution in [-0.4, -0.2) is 31.1 Å². The van der Waals surface area contributed by atoms with Crippen molar-refractivity contribution in [1.82, 2.24) is 10.2 Å². The Bertz CT molecular complexity index is 630. The topological polar surface area (TPSA) is 15.3 Å². The van der Waals surface area contributed by atoms with Gasteiger partial charge < -0.3 is 5.32 Å². The third-order valence-corrected chi connectivity index (χ3v) is 6.00. The normalized spacial score (nSPS) is 19.6. The second-order valence-corrected chi connectivity index (χ2v) is 7.62. The van der Waals surface area contributed by atoms with Gasteiger partial charge in [-0.1, -0.05) is 73.9 Å². The highest BCUT2D eigenvalue weighted by Crippen LogP contribution is 2.39. The van der Waals surface area contributed by atoms with Gasteiger partial charge in [0.25, 0.3) is 0 Å². The minimum absolute atomic E-state index is 0. The van der Waals surface area contributed by atoms with Crippen LogP contribution in [0.25, 0.3) is 11.1 Å². The van der Waals surface area contributed by atoms with E-state index in [9.17, 15) is 0 Å². The summed E-state index contributed by atoms with van der Waals surface area (Å²) in [4.78, 5) is 2.74. The molecule has 0 unspecified atom stereocenters. The third-order valence-electron chi connectivity index (χ3n) is 6.00. The first-order valence-corrected chi connectivity index (χ1v) is 10.0. The van der Waals surface area contributed by atoms with Crippen molar-refractivity contribution in [1.29, 1.82) is 0 Å². The highest BCUT2D eigenvalue weighted by atomic mass is 35.5. The monoisotopic (exact) mass is 406 g/mol. The Kier molecular flexibility index (Phi) is 9.11. The van der Waals surface area contributed by atoms with Crippen molar-refractivity contribution in [3.8, 4) is 11.1 Å².